The van der Waals surface area contributed by atoms with E-state index in [0.29, 0.717) is 6.42 Å². The molecule has 2 heterocycles. The molecule has 3 nitrogen and oxygen atoms in total. The highest BCUT2D eigenvalue weighted by molar-refractivity contribution is 7.09. The summed E-state index contributed by atoms with van der Waals surface area (Å²) >= 11 is 1.80. The lowest BCUT2D eigenvalue weighted by atomic mass is 10.1. The Bertz CT molecular complexity index is 616. The molecule has 1 aliphatic rings. The van der Waals surface area contributed by atoms with Crippen LogP contribution in [0.3, 0.4) is 0 Å². The summed E-state index contributed by atoms with van der Waals surface area (Å²) in [7, 11) is 0. The molecule has 1 amide bonds. The molecule has 22 heavy (non-hydrogen) atoms. The van der Waals surface area contributed by atoms with Crippen molar-refractivity contribution in [1.82, 2.24) is 9.80 Å². The Morgan fingerprint density at radius 1 is 1.09 bits per heavy atom. The molecule has 1 aromatic heterocycles. The normalized spacial score (nSPS) is 16.0. The maximum absolute atomic E-state index is 12.5. The fourth-order valence-electron chi connectivity index (χ4n) is 2.86. The average molecular weight is 314 g/mol. The smallest absolute Gasteiger partial charge is 0.227 e. The molecule has 0 unspecified atom stereocenters. The highest BCUT2D eigenvalue weighted by Gasteiger charge is 2.21. The quantitative estimate of drug-likeness (QED) is 0.866. The molecule has 1 fully saturated rings. The maximum atomic E-state index is 12.5. The zero-order chi connectivity index (χ0) is 15.4. The molecule has 0 radical (unpaired) electrons. The van der Waals surface area contributed by atoms with Crippen molar-refractivity contribution >= 4 is 17.2 Å². The van der Waals surface area contributed by atoms with Crippen LogP contribution in [0.2, 0.25) is 0 Å². The molecule has 0 bridgehead atoms. The van der Waals surface area contributed by atoms with Crippen LogP contribution in [0.15, 0.2) is 41.8 Å². The van der Waals surface area contributed by atoms with Crippen molar-refractivity contribution in [2.75, 3.05) is 26.2 Å². The van der Waals surface area contributed by atoms with Crippen LogP contribution in [0, 0.1) is 6.92 Å². The van der Waals surface area contributed by atoms with Gasteiger partial charge in [0.15, 0.2) is 0 Å². The van der Waals surface area contributed by atoms with Crippen LogP contribution < -0.4 is 0 Å². The molecule has 0 aliphatic carbocycles. The van der Waals surface area contributed by atoms with Gasteiger partial charge < -0.3 is 4.90 Å². The van der Waals surface area contributed by atoms with Gasteiger partial charge in [0, 0.05) is 37.6 Å². The first-order valence-corrected chi connectivity index (χ1v) is 8.67. The van der Waals surface area contributed by atoms with E-state index >= 15 is 0 Å². The molecule has 0 atom stereocenters. The maximum Gasteiger partial charge on any atom is 0.227 e. The summed E-state index contributed by atoms with van der Waals surface area (Å²) in [6.45, 7) is 6.71. The third kappa shape index (κ3) is 3.76. The lowest BCUT2D eigenvalue weighted by molar-refractivity contribution is -0.132. The first-order chi connectivity index (χ1) is 10.7. The number of nitrogens with zero attached hydrogens (tertiary/aromatic N) is 2. The van der Waals surface area contributed by atoms with Gasteiger partial charge in [-0.15, -0.1) is 11.3 Å². The van der Waals surface area contributed by atoms with Gasteiger partial charge in [-0.05, 0) is 29.5 Å². The topological polar surface area (TPSA) is 23.6 Å². The fraction of sp³-hybridized carbons (Fsp3) is 0.389. The van der Waals surface area contributed by atoms with E-state index in [-0.39, 0.29) is 5.91 Å². The molecule has 1 saturated heterocycles. The molecule has 116 valence electrons. The van der Waals surface area contributed by atoms with Gasteiger partial charge in [0.1, 0.15) is 0 Å². The third-order valence-corrected chi connectivity index (χ3v) is 5.15. The minimum Gasteiger partial charge on any atom is -0.340 e. The number of rotatable bonds is 4. The van der Waals surface area contributed by atoms with Gasteiger partial charge in [-0.3, -0.25) is 9.69 Å². The molecule has 0 saturated carbocycles. The molecule has 2 aromatic rings. The number of amides is 1. The Morgan fingerprint density at radius 3 is 2.55 bits per heavy atom. The zero-order valence-electron chi connectivity index (χ0n) is 13.0. The summed E-state index contributed by atoms with van der Waals surface area (Å²) < 4.78 is 0. The summed E-state index contributed by atoms with van der Waals surface area (Å²) in [5.74, 6) is 0.255. The number of carbonyl (C=O) groups excluding carboxylic acids is 1. The molecule has 1 aliphatic heterocycles. The Labute approximate surface area is 136 Å². The van der Waals surface area contributed by atoms with Gasteiger partial charge in [0.2, 0.25) is 5.91 Å². The second-order valence-corrected chi connectivity index (χ2v) is 6.87. The standard InChI is InChI=1S/C18H22N2OS/c1-15-5-2-3-6-16(15)13-18(21)20-10-8-19(9-11-20)14-17-7-4-12-22-17/h2-7,12H,8-11,13-14H2,1H3. The van der Waals surface area contributed by atoms with Crippen LogP contribution in [-0.4, -0.2) is 41.9 Å². The summed E-state index contributed by atoms with van der Waals surface area (Å²) in [5, 5.41) is 2.12. The highest BCUT2D eigenvalue weighted by atomic mass is 32.1. The predicted octanol–water partition coefficient (Wildman–Crippen LogP) is 2.94. The average Bonchev–Trinajstić information content (AvgIpc) is 3.03. The predicted molar refractivity (Wildman–Crippen MR) is 91.1 cm³/mol. The number of hydrogen-bond acceptors (Lipinski definition) is 3. The number of hydrogen-bond donors (Lipinski definition) is 0. The molecule has 4 heteroatoms. The monoisotopic (exact) mass is 314 g/mol. The minimum atomic E-state index is 0.255. The Balaban J connectivity index is 1.50. The summed E-state index contributed by atoms with van der Waals surface area (Å²) in [5.41, 5.74) is 2.35. The van der Waals surface area contributed by atoms with E-state index in [9.17, 15) is 4.79 Å². The van der Waals surface area contributed by atoms with Gasteiger partial charge in [-0.1, -0.05) is 30.3 Å². The number of piperazine rings is 1. The van der Waals surface area contributed by atoms with Crippen LogP contribution in [-0.2, 0) is 17.8 Å². The molecule has 3 rings (SSSR count). The summed E-state index contributed by atoms with van der Waals surface area (Å²) in [6.07, 6.45) is 0.525. The van der Waals surface area contributed by atoms with Crippen molar-refractivity contribution < 1.29 is 4.79 Å². The van der Waals surface area contributed by atoms with Gasteiger partial charge in [0.05, 0.1) is 6.42 Å². The van der Waals surface area contributed by atoms with E-state index in [1.807, 2.05) is 17.0 Å². The largest absolute Gasteiger partial charge is 0.340 e. The van der Waals surface area contributed by atoms with Gasteiger partial charge in [-0.2, -0.15) is 0 Å². The SMILES string of the molecule is Cc1ccccc1CC(=O)N1CCN(Cc2cccs2)CC1. The van der Waals surface area contributed by atoms with E-state index in [1.165, 1.54) is 10.4 Å². The first-order valence-electron chi connectivity index (χ1n) is 7.79. The Morgan fingerprint density at radius 2 is 1.86 bits per heavy atom. The molecular weight excluding hydrogens is 292 g/mol. The number of aryl methyl sites for hydroxylation is 1. The van der Waals surface area contributed by atoms with Crippen LogP contribution in [0.5, 0.6) is 0 Å². The van der Waals surface area contributed by atoms with Gasteiger partial charge in [-0.25, -0.2) is 0 Å². The lowest BCUT2D eigenvalue weighted by Crippen LogP contribution is -2.48. The van der Waals surface area contributed by atoms with Crippen LogP contribution >= 0.6 is 11.3 Å². The highest BCUT2D eigenvalue weighted by Crippen LogP contribution is 2.15. The zero-order valence-corrected chi connectivity index (χ0v) is 13.8. The van der Waals surface area contributed by atoms with E-state index in [0.717, 1.165) is 38.3 Å². The van der Waals surface area contributed by atoms with Crippen molar-refractivity contribution in [2.45, 2.75) is 19.9 Å². The van der Waals surface area contributed by atoms with Crippen molar-refractivity contribution in [3.63, 3.8) is 0 Å². The second kappa shape index (κ2) is 7.07. The van der Waals surface area contributed by atoms with E-state index in [4.69, 9.17) is 0 Å². The number of carbonyl (C=O) groups is 1. The van der Waals surface area contributed by atoms with Gasteiger partial charge >= 0.3 is 0 Å². The van der Waals surface area contributed by atoms with Crippen molar-refractivity contribution in [2.24, 2.45) is 0 Å². The Kier molecular flexibility index (Phi) is 4.90. The number of benzene rings is 1. The lowest BCUT2D eigenvalue weighted by Gasteiger charge is -2.34. The minimum absolute atomic E-state index is 0.255. The van der Waals surface area contributed by atoms with E-state index < -0.39 is 0 Å². The third-order valence-electron chi connectivity index (χ3n) is 4.29. The van der Waals surface area contributed by atoms with Crippen LogP contribution in [0.4, 0.5) is 0 Å². The van der Waals surface area contributed by atoms with Crippen molar-refractivity contribution in [3.05, 3.63) is 57.8 Å². The van der Waals surface area contributed by atoms with Gasteiger partial charge in [0.25, 0.3) is 0 Å². The van der Waals surface area contributed by atoms with E-state index in [2.05, 4.69) is 41.5 Å². The fourth-order valence-corrected chi connectivity index (χ4v) is 3.61. The Hall–Kier alpha value is -1.65. The van der Waals surface area contributed by atoms with Crippen LogP contribution in [0.1, 0.15) is 16.0 Å². The van der Waals surface area contributed by atoms with Crippen LogP contribution in [0.25, 0.3) is 0 Å². The molecule has 1 aromatic carbocycles. The summed E-state index contributed by atoms with van der Waals surface area (Å²) in [6, 6.07) is 12.4. The summed E-state index contributed by atoms with van der Waals surface area (Å²) in [4.78, 5) is 18.3. The number of thiophene rings is 1. The second-order valence-electron chi connectivity index (χ2n) is 5.84. The molecule has 0 spiro atoms. The van der Waals surface area contributed by atoms with Crippen molar-refractivity contribution in [1.29, 1.82) is 0 Å². The van der Waals surface area contributed by atoms with E-state index in [1.54, 1.807) is 11.3 Å². The first kappa shape index (κ1) is 15.3. The molecule has 0 N–H and O–H groups in total. The van der Waals surface area contributed by atoms with Crippen molar-refractivity contribution in [3.8, 4) is 0 Å². The molecular formula is C18H22N2OS.